The van der Waals surface area contributed by atoms with Gasteiger partial charge in [0.05, 0.1) is 11.1 Å². The minimum atomic E-state index is -0.748. The van der Waals surface area contributed by atoms with Gasteiger partial charge in [0.15, 0.2) is 18.9 Å². The highest BCUT2D eigenvalue weighted by molar-refractivity contribution is 5.45. The molecule has 0 heterocycles. The molecule has 0 aliphatic carbocycles. The summed E-state index contributed by atoms with van der Waals surface area (Å²) in [4.78, 5) is 0. The monoisotopic (exact) mass is 316 g/mol. The first-order chi connectivity index (χ1) is 10.6. The molecule has 22 heavy (non-hydrogen) atoms. The van der Waals surface area contributed by atoms with E-state index in [4.69, 9.17) is 28.4 Å². The van der Waals surface area contributed by atoms with Crippen LogP contribution in [0.5, 0.6) is 5.75 Å². The lowest BCUT2D eigenvalue weighted by Crippen LogP contribution is -2.12. The van der Waals surface area contributed by atoms with Gasteiger partial charge in [-0.1, -0.05) is 0 Å². The minimum Gasteiger partial charge on any atom is -0.507 e. The molecule has 1 rings (SSSR count). The van der Waals surface area contributed by atoms with E-state index < -0.39 is 18.9 Å². The second-order valence-electron chi connectivity index (χ2n) is 4.46. The van der Waals surface area contributed by atoms with Gasteiger partial charge in [0.1, 0.15) is 5.75 Å². The Balaban J connectivity index is 3.48. The predicted octanol–water partition coefficient (Wildman–Crippen LogP) is 2.27. The van der Waals surface area contributed by atoms with Crippen LogP contribution >= 0.6 is 0 Å². The van der Waals surface area contributed by atoms with E-state index in [2.05, 4.69) is 0 Å². The number of phenolic OH excluding ortho intramolecular Hbond substituents is 1. The fraction of sp³-hybridized carbons (Fsp3) is 0.600. The highest BCUT2D eigenvalue weighted by Crippen LogP contribution is 2.38. The number of benzene rings is 1. The molecule has 0 amide bonds. The highest BCUT2D eigenvalue weighted by atomic mass is 16.7. The smallest absolute Gasteiger partial charge is 0.186 e. The van der Waals surface area contributed by atoms with Gasteiger partial charge in [0.2, 0.25) is 0 Å². The van der Waals surface area contributed by atoms with Gasteiger partial charge in [0.25, 0.3) is 0 Å². The van der Waals surface area contributed by atoms with Crippen molar-refractivity contribution >= 4 is 0 Å². The number of phenols is 1. The lowest BCUT2D eigenvalue weighted by atomic mass is 10.0. The summed E-state index contributed by atoms with van der Waals surface area (Å²) >= 11 is 0. The second-order valence-corrected chi connectivity index (χ2v) is 4.46. The van der Waals surface area contributed by atoms with E-state index in [1.807, 2.05) is 0 Å². The van der Waals surface area contributed by atoms with E-state index in [-0.39, 0.29) is 5.75 Å². The molecule has 0 aliphatic rings. The Bertz CT molecular complexity index is 418. The molecule has 0 atom stereocenters. The van der Waals surface area contributed by atoms with Crippen LogP contribution in [0.2, 0.25) is 0 Å². The fourth-order valence-electron chi connectivity index (χ4n) is 2.27. The van der Waals surface area contributed by atoms with Crippen molar-refractivity contribution in [3.05, 3.63) is 28.8 Å². The van der Waals surface area contributed by atoms with E-state index in [0.717, 1.165) is 0 Å². The first kappa shape index (κ1) is 18.8. The number of rotatable bonds is 9. The Labute approximate surface area is 130 Å². The largest absolute Gasteiger partial charge is 0.507 e. The van der Waals surface area contributed by atoms with Gasteiger partial charge < -0.3 is 33.5 Å². The Kier molecular flexibility index (Phi) is 7.74. The number of hydrogen-bond acceptors (Lipinski definition) is 7. The van der Waals surface area contributed by atoms with E-state index >= 15 is 0 Å². The zero-order chi connectivity index (χ0) is 16.7. The predicted molar refractivity (Wildman–Crippen MR) is 78.4 cm³/mol. The van der Waals surface area contributed by atoms with Crippen LogP contribution in [0.3, 0.4) is 0 Å². The van der Waals surface area contributed by atoms with Crippen molar-refractivity contribution in [2.45, 2.75) is 18.9 Å². The Morgan fingerprint density at radius 3 is 1.23 bits per heavy atom. The highest BCUT2D eigenvalue weighted by Gasteiger charge is 2.25. The van der Waals surface area contributed by atoms with Crippen molar-refractivity contribution in [3.8, 4) is 5.75 Å². The Hall–Kier alpha value is -1.22. The zero-order valence-electron chi connectivity index (χ0n) is 13.8. The number of aromatic hydroxyl groups is 1. The maximum absolute atomic E-state index is 10.5. The van der Waals surface area contributed by atoms with Gasteiger partial charge in [-0.3, -0.25) is 0 Å². The molecule has 0 unspecified atom stereocenters. The average molecular weight is 316 g/mol. The summed E-state index contributed by atoms with van der Waals surface area (Å²) < 4.78 is 31.4. The van der Waals surface area contributed by atoms with Gasteiger partial charge in [-0.25, -0.2) is 0 Å². The average Bonchev–Trinajstić information content (AvgIpc) is 2.54. The van der Waals surface area contributed by atoms with Crippen molar-refractivity contribution in [1.29, 1.82) is 0 Å². The van der Waals surface area contributed by atoms with Crippen molar-refractivity contribution in [2.24, 2.45) is 0 Å². The van der Waals surface area contributed by atoms with Crippen molar-refractivity contribution in [3.63, 3.8) is 0 Å². The van der Waals surface area contributed by atoms with Crippen LogP contribution in [0.1, 0.15) is 35.6 Å². The van der Waals surface area contributed by atoms with Crippen LogP contribution in [0.25, 0.3) is 0 Å². The molecule has 1 N–H and O–H groups in total. The third kappa shape index (κ3) is 3.95. The van der Waals surface area contributed by atoms with Gasteiger partial charge in [-0.2, -0.15) is 0 Å². The maximum atomic E-state index is 10.5. The lowest BCUT2D eigenvalue weighted by molar-refractivity contribution is -0.116. The lowest BCUT2D eigenvalue weighted by Gasteiger charge is -2.23. The van der Waals surface area contributed by atoms with Crippen LogP contribution in [0.15, 0.2) is 12.1 Å². The molecule has 126 valence electrons. The molecule has 1 aromatic carbocycles. The van der Waals surface area contributed by atoms with Crippen molar-refractivity contribution in [2.75, 3.05) is 42.7 Å². The number of ether oxygens (including phenoxy) is 6. The summed E-state index contributed by atoms with van der Waals surface area (Å²) in [6, 6.07) is 3.38. The summed E-state index contributed by atoms with van der Waals surface area (Å²) in [7, 11) is 8.97. The van der Waals surface area contributed by atoms with E-state index in [1.54, 1.807) is 12.1 Å². The molecule has 0 fully saturated rings. The summed E-state index contributed by atoms with van der Waals surface area (Å²) in [5, 5.41) is 10.5. The first-order valence-electron chi connectivity index (χ1n) is 6.61. The molecule has 7 nitrogen and oxygen atoms in total. The van der Waals surface area contributed by atoms with E-state index in [1.165, 1.54) is 42.7 Å². The molecule has 0 aliphatic heterocycles. The first-order valence-corrected chi connectivity index (χ1v) is 6.61. The fourth-order valence-corrected chi connectivity index (χ4v) is 2.27. The zero-order valence-corrected chi connectivity index (χ0v) is 13.8. The molecular weight excluding hydrogens is 292 g/mol. The molecular formula is C15H24O7. The molecule has 0 radical (unpaired) electrons. The second kappa shape index (κ2) is 9.04. The van der Waals surface area contributed by atoms with Crippen LogP contribution in [0.4, 0.5) is 0 Å². The van der Waals surface area contributed by atoms with Gasteiger partial charge in [0, 0.05) is 48.2 Å². The minimum absolute atomic E-state index is 0.0305. The Morgan fingerprint density at radius 2 is 0.955 bits per heavy atom. The van der Waals surface area contributed by atoms with Gasteiger partial charge in [-0.05, 0) is 12.1 Å². The quantitative estimate of drug-likeness (QED) is 0.700. The molecule has 0 aromatic heterocycles. The maximum Gasteiger partial charge on any atom is 0.186 e. The van der Waals surface area contributed by atoms with Crippen LogP contribution in [-0.2, 0) is 28.4 Å². The van der Waals surface area contributed by atoms with E-state index in [9.17, 15) is 5.11 Å². The summed E-state index contributed by atoms with van der Waals surface area (Å²) in [5.41, 5.74) is 1.53. The molecule has 1 aromatic rings. The van der Waals surface area contributed by atoms with E-state index in [0.29, 0.717) is 16.7 Å². The third-order valence-electron chi connectivity index (χ3n) is 3.26. The number of methoxy groups -OCH3 is 6. The molecule has 7 heteroatoms. The molecule has 0 saturated carbocycles. The summed E-state index contributed by atoms with van der Waals surface area (Å²) in [6.45, 7) is 0. The van der Waals surface area contributed by atoms with Crippen LogP contribution in [0, 0.1) is 0 Å². The Morgan fingerprint density at radius 1 is 0.636 bits per heavy atom. The van der Waals surface area contributed by atoms with Gasteiger partial charge in [-0.15, -0.1) is 0 Å². The summed E-state index contributed by atoms with van der Waals surface area (Å²) in [6.07, 6.45) is -2.10. The van der Waals surface area contributed by atoms with Crippen molar-refractivity contribution in [1.82, 2.24) is 0 Å². The SMILES string of the molecule is COC(OC)c1cc(C(OC)OC)c(O)c(C(OC)OC)c1. The normalized spacial score (nSPS) is 11.9. The third-order valence-corrected chi connectivity index (χ3v) is 3.26. The molecule has 0 bridgehead atoms. The number of hydrogen-bond donors (Lipinski definition) is 1. The van der Waals surface area contributed by atoms with Crippen molar-refractivity contribution < 1.29 is 33.5 Å². The topological polar surface area (TPSA) is 75.6 Å². The standard InChI is InChI=1S/C15H24O7/c1-17-13(18-2)9-7-10(14(19-3)20-4)12(16)11(8-9)15(21-5)22-6/h7-8,13-16H,1-6H3. The molecule has 0 saturated heterocycles. The summed E-state index contributed by atoms with van der Waals surface area (Å²) in [5.74, 6) is -0.0305. The van der Waals surface area contributed by atoms with Gasteiger partial charge >= 0.3 is 0 Å². The van der Waals surface area contributed by atoms with Crippen LogP contribution in [-0.4, -0.2) is 47.8 Å². The molecule has 0 spiro atoms. The van der Waals surface area contributed by atoms with Crippen LogP contribution < -0.4 is 0 Å².